The molecule has 0 aliphatic heterocycles. The molecule has 0 fully saturated rings. The van der Waals surface area contributed by atoms with Gasteiger partial charge in [0, 0.05) is 6.42 Å². The molecule has 0 unspecified atom stereocenters. The molecule has 0 saturated heterocycles. The zero-order valence-corrected chi connectivity index (χ0v) is 16.9. The molecule has 1 aliphatic rings. The largest absolute Gasteiger partial charge is 0.295 e. The lowest BCUT2D eigenvalue weighted by Gasteiger charge is -2.13. The van der Waals surface area contributed by atoms with Gasteiger partial charge < -0.3 is 0 Å². The van der Waals surface area contributed by atoms with Crippen LogP contribution in [0.15, 0.2) is 94.7 Å². The molecule has 1 heteroatoms. The molecule has 0 spiro atoms. The molecule has 0 radical (unpaired) electrons. The number of ketones is 1. The van der Waals surface area contributed by atoms with Crippen LogP contribution in [0.4, 0.5) is 0 Å². The number of rotatable bonds is 7. The third-order valence-electron chi connectivity index (χ3n) is 4.27. The minimum absolute atomic E-state index is 0.293. The topological polar surface area (TPSA) is 17.1 Å². The summed E-state index contributed by atoms with van der Waals surface area (Å²) in [6.07, 6.45) is 25.5. The van der Waals surface area contributed by atoms with Crippen molar-refractivity contribution in [2.75, 3.05) is 0 Å². The van der Waals surface area contributed by atoms with Crippen LogP contribution >= 0.6 is 0 Å². The number of Topliss-reactive ketones (excluding diaryl/α,β-unsaturated/α-hetero) is 1. The van der Waals surface area contributed by atoms with Gasteiger partial charge in [-0.1, -0.05) is 83.6 Å². The summed E-state index contributed by atoms with van der Waals surface area (Å²) in [6, 6.07) is 0. The Morgan fingerprint density at radius 2 is 1.38 bits per heavy atom. The Morgan fingerprint density at radius 3 is 2.04 bits per heavy atom. The van der Waals surface area contributed by atoms with Crippen LogP contribution in [0.1, 0.15) is 53.9 Å². The molecule has 0 N–H and O–H groups in total. The quantitative estimate of drug-likeness (QED) is 0.447. The fraction of sp³-hybridized carbons (Fsp3) is 0.320. The lowest BCUT2D eigenvalue weighted by molar-refractivity contribution is -0.116. The van der Waals surface area contributed by atoms with Crippen LogP contribution < -0.4 is 0 Å². The Hall–Kier alpha value is -2.41. The van der Waals surface area contributed by atoms with Gasteiger partial charge in [0.25, 0.3) is 0 Å². The van der Waals surface area contributed by atoms with Crippen LogP contribution in [0.2, 0.25) is 0 Å². The zero-order chi connectivity index (χ0) is 19.4. The average Bonchev–Trinajstić information content (AvgIpc) is 2.60. The van der Waals surface area contributed by atoms with Crippen molar-refractivity contribution in [2.45, 2.75) is 53.9 Å². The van der Waals surface area contributed by atoms with Gasteiger partial charge in [-0.3, -0.25) is 4.79 Å². The highest BCUT2D eigenvalue weighted by Crippen LogP contribution is 2.22. The summed E-state index contributed by atoms with van der Waals surface area (Å²) in [5, 5.41) is 0. The summed E-state index contributed by atoms with van der Waals surface area (Å²) >= 11 is 0. The van der Waals surface area contributed by atoms with Crippen molar-refractivity contribution < 1.29 is 4.79 Å². The molecule has 0 aromatic rings. The highest BCUT2D eigenvalue weighted by atomic mass is 16.1. The zero-order valence-electron chi connectivity index (χ0n) is 16.9. The molecule has 138 valence electrons. The van der Waals surface area contributed by atoms with Crippen LogP contribution in [0.3, 0.4) is 0 Å². The SMILES string of the molecule is C/C=C/C(C)=C/C=C/C(C)=C\C=C/C=C(C)/C=C/C1=C(C)C(=O)CCC1. The lowest BCUT2D eigenvalue weighted by atomic mass is 9.91. The first kappa shape index (κ1) is 21.6. The molecule has 0 bridgehead atoms. The normalized spacial score (nSPS) is 18.5. The minimum Gasteiger partial charge on any atom is -0.295 e. The Labute approximate surface area is 159 Å². The third-order valence-corrected chi connectivity index (χ3v) is 4.27. The molecule has 0 aromatic carbocycles. The molecule has 1 aliphatic carbocycles. The van der Waals surface area contributed by atoms with E-state index in [0.717, 1.165) is 18.4 Å². The van der Waals surface area contributed by atoms with Gasteiger partial charge in [0.2, 0.25) is 0 Å². The molecule has 26 heavy (non-hydrogen) atoms. The Morgan fingerprint density at radius 1 is 0.808 bits per heavy atom. The van der Waals surface area contributed by atoms with Crippen molar-refractivity contribution in [1.82, 2.24) is 0 Å². The van der Waals surface area contributed by atoms with Crippen molar-refractivity contribution in [3.05, 3.63) is 94.7 Å². The second-order valence-electron chi connectivity index (χ2n) is 6.74. The van der Waals surface area contributed by atoms with Crippen molar-refractivity contribution >= 4 is 5.78 Å². The number of allylic oxidation sites excluding steroid dienone is 16. The fourth-order valence-electron chi connectivity index (χ4n) is 2.63. The highest BCUT2D eigenvalue weighted by molar-refractivity contribution is 5.96. The summed E-state index contributed by atoms with van der Waals surface area (Å²) in [5.74, 6) is 0.293. The van der Waals surface area contributed by atoms with E-state index >= 15 is 0 Å². The predicted octanol–water partition coefficient (Wildman–Crippen LogP) is 7.14. The van der Waals surface area contributed by atoms with Gasteiger partial charge in [0.05, 0.1) is 0 Å². The molecule has 0 saturated carbocycles. The van der Waals surface area contributed by atoms with Crippen LogP contribution in [-0.2, 0) is 4.79 Å². The first-order chi connectivity index (χ1) is 12.4. The van der Waals surface area contributed by atoms with Gasteiger partial charge in [0.1, 0.15) is 0 Å². The van der Waals surface area contributed by atoms with Crippen LogP contribution in [0.5, 0.6) is 0 Å². The van der Waals surface area contributed by atoms with E-state index < -0.39 is 0 Å². The van der Waals surface area contributed by atoms with Gasteiger partial charge >= 0.3 is 0 Å². The second-order valence-corrected chi connectivity index (χ2v) is 6.74. The monoisotopic (exact) mass is 348 g/mol. The van der Waals surface area contributed by atoms with E-state index in [-0.39, 0.29) is 0 Å². The van der Waals surface area contributed by atoms with Gasteiger partial charge in [-0.2, -0.15) is 0 Å². The van der Waals surface area contributed by atoms with E-state index in [0.29, 0.717) is 12.2 Å². The molecule has 0 atom stereocenters. The van der Waals surface area contributed by atoms with E-state index in [1.54, 1.807) is 0 Å². The maximum atomic E-state index is 11.7. The van der Waals surface area contributed by atoms with Crippen LogP contribution in [0.25, 0.3) is 0 Å². The highest BCUT2D eigenvalue weighted by Gasteiger charge is 2.14. The van der Waals surface area contributed by atoms with Gasteiger partial charge in [-0.25, -0.2) is 0 Å². The van der Waals surface area contributed by atoms with Crippen molar-refractivity contribution in [1.29, 1.82) is 0 Å². The van der Waals surface area contributed by atoms with Gasteiger partial charge in [-0.15, -0.1) is 0 Å². The maximum absolute atomic E-state index is 11.7. The first-order valence-corrected chi connectivity index (χ1v) is 9.34. The standard InChI is InChI=1S/C25H32O/c1-6-11-20(2)14-9-15-21(3)12-7-8-13-22(4)18-19-24-16-10-17-25(26)23(24)5/h6-9,11-15,18-19H,10,16-17H2,1-5H3/b8-7-,11-6+,15-9+,19-18+,20-14+,21-12-,22-13+. The van der Waals surface area contributed by atoms with E-state index in [1.807, 2.05) is 32.1 Å². The van der Waals surface area contributed by atoms with Crippen molar-refractivity contribution in [2.24, 2.45) is 0 Å². The number of hydrogen-bond donors (Lipinski definition) is 0. The molecule has 0 heterocycles. The summed E-state index contributed by atoms with van der Waals surface area (Å²) in [5.41, 5.74) is 5.72. The molecular weight excluding hydrogens is 316 g/mol. The van der Waals surface area contributed by atoms with Crippen molar-refractivity contribution in [3.8, 4) is 0 Å². The summed E-state index contributed by atoms with van der Waals surface area (Å²) in [4.78, 5) is 11.7. The van der Waals surface area contributed by atoms with E-state index in [1.165, 1.54) is 22.3 Å². The summed E-state index contributed by atoms with van der Waals surface area (Å²) in [6.45, 7) is 10.2. The lowest BCUT2D eigenvalue weighted by Crippen LogP contribution is -2.07. The second kappa shape index (κ2) is 12.0. The first-order valence-electron chi connectivity index (χ1n) is 9.34. The molecule has 1 rings (SSSR count). The van der Waals surface area contributed by atoms with Gasteiger partial charge in [-0.05, 0) is 58.6 Å². The Bertz CT molecular complexity index is 728. The van der Waals surface area contributed by atoms with Gasteiger partial charge in [0.15, 0.2) is 5.78 Å². The van der Waals surface area contributed by atoms with E-state index in [9.17, 15) is 4.79 Å². The molecule has 1 nitrogen and oxygen atoms in total. The van der Waals surface area contributed by atoms with Crippen LogP contribution in [-0.4, -0.2) is 5.78 Å². The molecule has 0 amide bonds. The molecule has 0 aromatic heterocycles. The molecular formula is C25H32O. The van der Waals surface area contributed by atoms with E-state index in [4.69, 9.17) is 0 Å². The number of hydrogen-bond acceptors (Lipinski definition) is 1. The summed E-state index contributed by atoms with van der Waals surface area (Å²) < 4.78 is 0. The number of carbonyl (C=O) groups excluding carboxylic acids is 1. The average molecular weight is 349 g/mol. The Balaban J connectivity index is 2.61. The minimum atomic E-state index is 0.293. The fourth-order valence-corrected chi connectivity index (χ4v) is 2.63. The van der Waals surface area contributed by atoms with E-state index in [2.05, 4.69) is 69.4 Å². The van der Waals surface area contributed by atoms with Crippen LogP contribution in [0, 0.1) is 0 Å². The van der Waals surface area contributed by atoms with Crippen molar-refractivity contribution in [3.63, 3.8) is 0 Å². The smallest absolute Gasteiger partial charge is 0.158 e. The number of carbonyl (C=O) groups is 1. The third kappa shape index (κ3) is 8.62. The maximum Gasteiger partial charge on any atom is 0.158 e. The Kier molecular flexibility index (Phi) is 10.0. The predicted molar refractivity (Wildman–Crippen MR) is 115 cm³/mol. The summed E-state index contributed by atoms with van der Waals surface area (Å²) in [7, 11) is 0.